The summed E-state index contributed by atoms with van der Waals surface area (Å²) in [6.45, 7) is 7.99. The first-order valence-electron chi connectivity index (χ1n) is 7.52. The minimum atomic E-state index is -0.725. The summed E-state index contributed by atoms with van der Waals surface area (Å²) in [5.41, 5.74) is 0.249. The molecule has 22 heavy (non-hydrogen) atoms. The Labute approximate surface area is 129 Å². The molecular weight excluding hydrogens is 284 g/mol. The van der Waals surface area contributed by atoms with Crippen LogP contribution in [0.1, 0.15) is 25.7 Å². The molecule has 5 heteroatoms. The normalized spacial score (nSPS) is 42.6. The average molecular weight is 304 g/mol. The number of hydrogen-bond donors (Lipinski definition) is 0. The number of fused-ring (bicyclic) bond motifs is 3. The highest BCUT2D eigenvalue weighted by molar-refractivity contribution is 5.19. The van der Waals surface area contributed by atoms with Crippen molar-refractivity contribution in [3.8, 4) is 0 Å². The Morgan fingerprint density at radius 3 is 2.64 bits per heavy atom. The van der Waals surface area contributed by atoms with Gasteiger partial charge < -0.3 is 23.7 Å². The molecule has 3 fully saturated rings. The number of rotatable bonds is 2. The average Bonchev–Trinajstić information content (AvgIpc) is 2.97. The first kappa shape index (κ1) is 14.4. The van der Waals surface area contributed by atoms with E-state index in [0.29, 0.717) is 6.61 Å². The van der Waals surface area contributed by atoms with Gasteiger partial charge in [-0.25, -0.2) is 0 Å². The second kappa shape index (κ2) is 4.88. The van der Waals surface area contributed by atoms with Gasteiger partial charge in [0.1, 0.15) is 17.8 Å². The maximum atomic E-state index is 6.17. The van der Waals surface area contributed by atoms with Crippen LogP contribution in [0.5, 0.6) is 0 Å². The van der Waals surface area contributed by atoms with Crippen LogP contribution in [0.25, 0.3) is 0 Å². The Kier molecular flexibility index (Phi) is 3.18. The summed E-state index contributed by atoms with van der Waals surface area (Å²) in [6.07, 6.45) is 0.237. The van der Waals surface area contributed by atoms with Crippen molar-refractivity contribution in [2.24, 2.45) is 0 Å². The van der Waals surface area contributed by atoms with Crippen LogP contribution in [-0.4, -0.2) is 36.5 Å². The van der Waals surface area contributed by atoms with E-state index in [-0.39, 0.29) is 12.2 Å². The summed E-state index contributed by atoms with van der Waals surface area (Å²) >= 11 is 0. The third-order valence-electron chi connectivity index (χ3n) is 4.35. The number of ether oxygens (including phenoxy) is 5. The standard InChI is InChI=1S/C17H20O5/c1-4-17-10-18-14(11-8-6-5-7-9-11)19-13(17)12-15(22-17)21-16(2,3)20-12/h4-9,12-15H,1,10H2,2-3H3/t12-,13-,14?,15+,17-/m1/s1. The molecule has 3 heterocycles. The molecule has 0 spiro atoms. The van der Waals surface area contributed by atoms with E-state index in [4.69, 9.17) is 23.7 Å². The third-order valence-corrected chi connectivity index (χ3v) is 4.35. The van der Waals surface area contributed by atoms with Crippen LogP contribution < -0.4 is 0 Å². The van der Waals surface area contributed by atoms with Gasteiger partial charge in [-0.15, -0.1) is 6.58 Å². The van der Waals surface area contributed by atoms with Crippen LogP contribution in [0.3, 0.4) is 0 Å². The van der Waals surface area contributed by atoms with E-state index in [1.165, 1.54) is 0 Å². The summed E-state index contributed by atoms with van der Waals surface area (Å²) in [7, 11) is 0. The molecule has 0 saturated carbocycles. The van der Waals surface area contributed by atoms with Gasteiger partial charge >= 0.3 is 0 Å². The van der Waals surface area contributed by atoms with Gasteiger partial charge in [0.05, 0.1) is 6.61 Å². The van der Waals surface area contributed by atoms with E-state index in [2.05, 4.69) is 6.58 Å². The summed E-state index contributed by atoms with van der Waals surface area (Å²) in [5, 5.41) is 0. The highest BCUT2D eigenvalue weighted by Gasteiger charge is 2.63. The molecule has 0 N–H and O–H groups in total. The van der Waals surface area contributed by atoms with Crippen molar-refractivity contribution in [2.45, 2.75) is 50.0 Å². The fourth-order valence-electron chi connectivity index (χ4n) is 3.31. The first-order chi connectivity index (χ1) is 10.5. The van der Waals surface area contributed by atoms with Crippen LogP contribution >= 0.6 is 0 Å². The minimum absolute atomic E-state index is 0.289. The summed E-state index contributed by atoms with van der Waals surface area (Å²) < 4.78 is 29.8. The van der Waals surface area contributed by atoms with Crippen molar-refractivity contribution in [1.82, 2.24) is 0 Å². The van der Waals surface area contributed by atoms with Gasteiger partial charge in [0.2, 0.25) is 0 Å². The highest BCUT2D eigenvalue weighted by Crippen LogP contribution is 2.48. The Morgan fingerprint density at radius 1 is 1.14 bits per heavy atom. The summed E-state index contributed by atoms with van der Waals surface area (Å²) in [4.78, 5) is 0. The van der Waals surface area contributed by atoms with Crippen molar-refractivity contribution >= 4 is 0 Å². The fraction of sp³-hybridized carbons (Fsp3) is 0.529. The van der Waals surface area contributed by atoms with E-state index in [9.17, 15) is 0 Å². The van der Waals surface area contributed by atoms with Gasteiger partial charge in [-0.05, 0) is 13.8 Å². The summed E-state index contributed by atoms with van der Waals surface area (Å²) in [5.74, 6) is -0.674. The topological polar surface area (TPSA) is 46.2 Å². The Morgan fingerprint density at radius 2 is 1.91 bits per heavy atom. The largest absolute Gasteiger partial charge is 0.345 e. The zero-order valence-corrected chi connectivity index (χ0v) is 12.7. The van der Waals surface area contributed by atoms with E-state index >= 15 is 0 Å². The molecule has 5 nitrogen and oxygen atoms in total. The molecule has 1 unspecified atom stereocenters. The van der Waals surface area contributed by atoms with Crippen LogP contribution in [0.4, 0.5) is 0 Å². The van der Waals surface area contributed by atoms with Crippen molar-refractivity contribution in [1.29, 1.82) is 0 Å². The van der Waals surface area contributed by atoms with E-state index in [0.717, 1.165) is 5.56 Å². The monoisotopic (exact) mass is 304 g/mol. The lowest BCUT2D eigenvalue weighted by Gasteiger charge is -2.41. The SMILES string of the molecule is C=C[C@@]12COC(c3ccccc3)O[C@@H]1[C@H]1OC(C)(C)O[C@H]1O2. The van der Waals surface area contributed by atoms with Crippen molar-refractivity contribution < 1.29 is 23.7 Å². The number of benzene rings is 1. The minimum Gasteiger partial charge on any atom is -0.345 e. The molecule has 0 amide bonds. The zero-order valence-electron chi connectivity index (χ0n) is 12.7. The fourth-order valence-corrected chi connectivity index (χ4v) is 3.31. The first-order valence-corrected chi connectivity index (χ1v) is 7.52. The maximum absolute atomic E-state index is 6.17. The van der Waals surface area contributed by atoms with Gasteiger partial charge in [0.15, 0.2) is 18.4 Å². The molecule has 0 radical (unpaired) electrons. The zero-order chi connectivity index (χ0) is 15.4. The van der Waals surface area contributed by atoms with Crippen molar-refractivity contribution in [3.05, 3.63) is 48.6 Å². The lowest BCUT2D eigenvalue weighted by atomic mass is 9.94. The molecule has 5 atom stereocenters. The van der Waals surface area contributed by atoms with Gasteiger partial charge in [-0.1, -0.05) is 36.4 Å². The second-order valence-corrected chi connectivity index (χ2v) is 6.36. The molecule has 1 aromatic carbocycles. The van der Waals surface area contributed by atoms with Gasteiger partial charge in [0.25, 0.3) is 0 Å². The van der Waals surface area contributed by atoms with E-state index in [1.807, 2.05) is 44.2 Å². The van der Waals surface area contributed by atoms with E-state index < -0.39 is 24.0 Å². The van der Waals surface area contributed by atoms with Crippen molar-refractivity contribution in [3.63, 3.8) is 0 Å². The quantitative estimate of drug-likeness (QED) is 0.786. The third kappa shape index (κ3) is 2.13. The Bertz CT molecular complexity index is 572. The van der Waals surface area contributed by atoms with Gasteiger partial charge in [0, 0.05) is 5.56 Å². The molecule has 0 bridgehead atoms. The Hall–Kier alpha value is -1.24. The molecule has 1 aromatic rings. The lowest BCUT2D eigenvalue weighted by Crippen LogP contribution is -2.52. The number of hydrogen-bond acceptors (Lipinski definition) is 5. The molecule has 3 aliphatic rings. The van der Waals surface area contributed by atoms with Crippen LogP contribution in [0.15, 0.2) is 43.0 Å². The molecular formula is C17H20O5. The van der Waals surface area contributed by atoms with Gasteiger partial charge in [-0.2, -0.15) is 0 Å². The smallest absolute Gasteiger partial charge is 0.191 e. The predicted molar refractivity (Wildman–Crippen MR) is 77.8 cm³/mol. The summed E-state index contributed by atoms with van der Waals surface area (Å²) in [6, 6.07) is 9.85. The molecule has 4 rings (SSSR count). The van der Waals surface area contributed by atoms with Crippen LogP contribution in [-0.2, 0) is 23.7 Å². The van der Waals surface area contributed by atoms with Crippen LogP contribution in [0.2, 0.25) is 0 Å². The van der Waals surface area contributed by atoms with Gasteiger partial charge in [-0.3, -0.25) is 0 Å². The molecule has 118 valence electrons. The van der Waals surface area contributed by atoms with Crippen molar-refractivity contribution in [2.75, 3.05) is 6.61 Å². The second-order valence-electron chi connectivity index (χ2n) is 6.36. The molecule has 0 aromatic heterocycles. The lowest BCUT2D eigenvalue weighted by molar-refractivity contribution is -0.306. The Balaban J connectivity index is 1.61. The molecule has 0 aliphatic carbocycles. The maximum Gasteiger partial charge on any atom is 0.191 e. The predicted octanol–water partition coefficient (Wildman–Crippen LogP) is 2.53. The molecule has 3 saturated heterocycles. The van der Waals surface area contributed by atoms with Crippen LogP contribution in [0, 0.1) is 0 Å². The molecule has 3 aliphatic heterocycles. The highest BCUT2D eigenvalue weighted by atomic mass is 16.9. The van der Waals surface area contributed by atoms with E-state index in [1.54, 1.807) is 6.08 Å².